The van der Waals surface area contributed by atoms with Crippen LogP contribution < -0.4 is 4.74 Å². The van der Waals surface area contributed by atoms with Gasteiger partial charge in [0.15, 0.2) is 11.6 Å². The molecule has 2 aromatic rings. The third-order valence-electron chi connectivity index (χ3n) is 2.21. The lowest BCUT2D eigenvalue weighted by atomic mass is 10.2. The summed E-state index contributed by atoms with van der Waals surface area (Å²) in [6.07, 6.45) is 0. The minimum atomic E-state index is -1.52. The monoisotopic (exact) mass is 255 g/mol. The summed E-state index contributed by atoms with van der Waals surface area (Å²) >= 11 is 0. The zero-order valence-corrected chi connectivity index (χ0v) is 9.03. The van der Waals surface area contributed by atoms with E-state index in [2.05, 4.69) is 4.98 Å². The van der Waals surface area contributed by atoms with Crippen molar-refractivity contribution in [1.82, 2.24) is 4.98 Å². The van der Waals surface area contributed by atoms with E-state index < -0.39 is 35.6 Å². The van der Waals surface area contributed by atoms with Crippen LogP contribution >= 0.6 is 0 Å². The van der Waals surface area contributed by atoms with E-state index in [1.165, 1.54) is 12.1 Å². The minimum Gasteiger partial charge on any atom is -0.436 e. The summed E-state index contributed by atoms with van der Waals surface area (Å²) in [6.45, 7) is -0.984. The molecule has 0 unspecified atom stereocenters. The zero-order valence-electron chi connectivity index (χ0n) is 9.03. The van der Waals surface area contributed by atoms with Gasteiger partial charge < -0.3 is 9.84 Å². The van der Waals surface area contributed by atoms with Gasteiger partial charge in [0.2, 0.25) is 0 Å². The molecule has 0 fully saturated rings. The lowest BCUT2D eigenvalue weighted by Crippen LogP contribution is -2.05. The largest absolute Gasteiger partial charge is 0.436 e. The van der Waals surface area contributed by atoms with E-state index in [-0.39, 0.29) is 5.75 Å². The van der Waals surface area contributed by atoms with Gasteiger partial charge in [0.25, 0.3) is 11.8 Å². The number of rotatable bonds is 3. The molecule has 18 heavy (non-hydrogen) atoms. The van der Waals surface area contributed by atoms with E-state index in [1.54, 1.807) is 18.2 Å². The predicted molar refractivity (Wildman–Crippen MR) is 56.5 cm³/mol. The maximum atomic E-state index is 13.6. The van der Waals surface area contributed by atoms with Gasteiger partial charge in [-0.15, -0.1) is 0 Å². The van der Waals surface area contributed by atoms with Crippen molar-refractivity contribution in [2.75, 3.05) is 0 Å². The first-order valence-electron chi connectivity index (χ1n) is 5.00. The Kier molecular flexibility index (Phi) is 3.47. The first-order valence-corrected chi connectivity index (χ1v) is 5.00. The molecular weight excluding hydrogens is 247 g/mol. The molecular formula is C12H8F3NO2. The molecule has 0 aliphatic carbocycles. The van der Waals surface area contributed by atoms with Gasteiger partial charge in [-0.1, -0.05) is 18.2 Å². The first-order chi connectivity index (χ1) is 8.63. The molecule has 0 atom stereocenters. The molecule has 0 amide bonds. The van der Waals surface area contributed by atoms with Crippen LogP contribution in [0.25, 0.3) is 0 Å². The lowest BCUT2D eigenvalue weighted by molar-refractivity contribution is 0.260. The van der Waals surface area contributed by atoms with Crippen LogP contribution in [0.15, 0.2) is 30.3 Å². The van der Waals surface area contributed by atoms with Crippen molar-refractivity contribution in [3.05, 3.63) is 53.5 Å². The fraction of sp³-hybridized carbons (Fsp3) is 0.0833. The number of nitrogens with zero attached hydrogens (tertiary/aromatic N) is 1. The van der Waals surface area contributed by atoms with Crippen LogP contribution in [-0.2, 0) is 6.61 Å². The molecule has 3 nitrogen and oxygen atoms in total. The van der Waals surface area contributed by atoms with Gasteiger partial charge in [-0.3, -0.25) is 0 Å². The van der Waals surface area contributed by atoms with Crippen LogP contribution in [0.1, 0.15) is 5.56 Å². The van der Waals surface area contributed by atoms with Crippen molar-refractivity contribution >= 4 is 0 Å². The molecule has 94 valence electrons. The molecule has 1 aromatic heterocycles. The molecule has 0 saturated heterocycles. The summed E-state index contributed by atoms with van der Waals surface area (Å²) in [4.78, 5) is 3.03. The van der Waals surface area contributed by atoms with Crippen molar-refractivity contribution in [1.29, 1.82) is 0 Å². The minimum absolute atomic E-state index is 0.221. The third kappa shape index (κ3) is 2.28. The van der Waals surface area contributed by atoms with E-state index in [0.29, 0.717) is 0 Å². The van der Waals surface area contributed by atoms with Crippen LogP contribution in [0.4, 0.5) is 13.2 Å². The Hall–Kier alpha value is -2.08. The molecule has 0 spiro atoms. The lowest BCUT2D eigenvalue weighted by Gasteiger charge is -2.09. The third-order valence-corrected chi connectivity index (χ3v) is 2.21. The zero-order chi connectivity index (χ0) is 13.1. The van der Waals surface area contributed by atoms with E-state index in [1.807, 2.05) is 0 Å². The van der Waals surface area contributed by atoms with E-state index >= 15 is 0 Å². The topological polar surface area (TPSA) is 42.4 Å². The van der Waals surface area contributed by atoms with E-state index in [0.717, 1.165) is 0 Å². The molecule has 0 aliphatic heterocycles. The number of aromatic nitrogens is 1. The summed E-state index contributed by atoms with van der Waals surface area (Å²) in [7, 11) is 0. The normalized spacial score (nSPS) is 10.4. The van der Waals surface area contributed by atoms with Gasteiger partial charge in [-0.25, -0.2) is 8.78 Å². The van der Waals surface area contributed by atoms with Gasteiger partial charge >= 0.3 is 0 Å². The SMILES string of the molecule is OCc1c(F)c(F)nc(Oc2ccccc2)c1F. The maximum absolute atomic E-state index is 13.6. The number of hydrogen-bond donors (Lipinski definition) is 1. The number of hydrogen-bond acceptors (Lipinski definition) is 3. The number of aliphatic hydroxyl groups is 1. The quantitative estimate of drug-likeness (QED) is 0.857. The molecule has 0 saturated carbocycles. The first kappa shape index (κ1) is 12.4. The smallest absolute Gasteiger partial charge is 0.259 e. The molecule has 2 rings (SSSR count). The Morgan fingerprint density at radius 3 is 2.33 bits per heavy atom. The van der Waals surface area contributed by atoms with Crippen molar-refractivity contribution in [2.24, 2.45) is 0 Å². The highest BCUT2D eigenvalue weighted by Gasteiger charge is 2.21. The van der Waals surface area contributed by atoms with Crippen LogP contribution in [-0.4, -0.2) is 10.1 Å². The second-order valence-corrected chi connectivity index (χ2v) is 3.39. The Morgan fingerprint density at radius 2 is 1.72 bits per heavy atom. The number of para-hydroxylation sites is 1. The number of pyridine rings is 1. The van der Waals surface area contributed by atoms with Crippen molar-refractivity contribution in [3.8, 4) is 11.6 Å². The van der Waals surface area contributed by atoms with Crippen LogP contribution in [0.5, 0.6) is 11.6 Å². The second-order valence-electron chi connectivity index (χ2n) is 3.39. The molecule has 0 aliphatic rings. The predicted octanol–water partition coefficient (Wildman–Crippen LogP) is 2.78. The van der Waals surface area contributed by atoms with E-state index in [9.17, 15) is 13.2 Å². The summed E-state index contributed by atoms with van der Waals surface area (Å²) in [5, 5.41) is 8.78. The van der Waals surface area contributed by atoms with Crippen LogP contribution in [0.3, 0.4) is 0 Å². The fourth-order valence-corrected chi connectivity index (χ4v) is 1.34. The highest BCUT2D eigenvalue weighted by molar-refractivity contribution is 5.31. The Labute approximate surface area is 100 Å². The van der Waals surface area contributed by atoms with Crippen molar-refractivity contribution in [3.63, 3.8) is 0 Å². The highest BCUT2D eigenvalue weighted by atomic mass is 19.2. The molecule has 6 heteroatoms. The average molecular weight is 255 g/mol. The number of aliphatic hydroxyl groups excluding tert-OH is 1. The van der Waals surface area contributed by atoms with Crippen molar-refractivity contribution in [2.45, 2.75) is 6.61 Å². The number of benzene rings is 1. The van der Waals surface area contributed by atoms with Gasteiger partial charge in [0.1, 0.15) is 5.75 Å². The number of ether oxygens (including phenoxy) is 1. The summed E-state index contributed by atoms with van der Waals surface area (Å²) in [5.41, 5.74) is -0.812. The average Bonchev–Trinajstić information content (AvgIpc) is 2.38. The van der Waals surface area contributed by atoms with Crippen LogP contribution in [0, 0.1) is 17.6 Å². The molecule has 1 aromatic carbocycles. The fourth-order valence-electron chi connectivity index (χ4n) is 1.34. The Bertz CT molecular complexity index is 561. The Balaban J connectivity index is 2.43. The summed E-state index contributed by atoms with van der Waals surface area (Å²) in [6, 6.07) is 7.96. The summed E-state index contributed by atoms with van der Waals surface area (Å²) < 4.78 is 44.8. The second kappa shape index (κ2) is 5.05. The van der Waals surface area contributed by atoms with Crippen LogP contribution in [0.2, 0.25) is 0 Å². The highest BCUT2D eigenvalue weighted by Crippen LogP contribution is 2.26. The molecule has 1 N–H and O–H groups in total. The van der Waals surface area contributed by atoms with Gasteiger partial charge in [-0.2, -0.15) is 9.37 Å². The standard InChI is InChI=1S/C12H8F3NO2/c13-9-8(6-17)10(14)12(16-11(9)15)18-7-4-2-1-3-5-7/h1-5,17H,6H2. The van der Waals surface area contributed by atoms with Gasteiger partial charge in [0, 0.05) is 0 Å². The number of halogens is 3. The maximum Gasteiger partial charge on any atom is 0.259 e. The summed E-state index contributed by atoms with van der Waals surface area (Å²) in [5.74, 6) is -4.76. The van der Waals surface area contributed by atoms with Gasteiger partial charge in [-0.05, 0) is 12.1 Å². The van der Waals surface area contributed by atoms with Gasteiger partial charge in [0.05, 0.1) is 12.2 Å². The molecule has 1 heterocycles. The van der Waals surface area contributed by atoms with Crippen molar-refractivity contribution < 1.29 is 23.0 Å². The Morgan fingerprint density at radius 1 is 1.06 bits per heavy atom. The molecule has 0 bridgehead atoms. The van der Waals surface area contributed by atoms with E-state index in [4.69, 9.17) is 9.84 Å². The molecule has 0 radical (unpaired) electrons.